The molecule has 8 nitrogen and oxygen atoms in total. The fourth-order valence-corrected chi connectivity index (χ4v) is 4.16. The molecule has 3 amide bonds. The predicted octanol–water partition coefficient (Wildman–Crippen LogP) is 2.50. The molecule has 0 aliphatic carbocycles. The van der Waals surface area contributed by atoms with Crippen molar-refractivity contribution in [2.24, 2.45) is 5.73 Å². The van der Waals surface area contributed by atoms with Gasteiger partial charge < -0.3 is 20.7 Å². The normalized spacial score (nSPS) is 14.9. The van der Waals surface area contributed by atoms with Crippen LogP contribution in [0.25, 0.3) is 0 Å². The summed E-state index contributed by atoms with van der Waals surface area (Å²) in [6.07, 6.45) is 0.683. The Labute approximate surface area is 197 Å². The molecule has 3 aromatic rings. The van der Waals surface area contributed by atoms with E-state index >= 15 is 0 Å². The molecule has 1 aliphatic rings. The van der Waals surface area contributed by atoms with Crippen LogP contribution in [-0.2, 0) is 17.8 Å². The van der Waals surface area contributed by atoms with Gasteiger partial charge in [-0.3, -0.25) is 14.4 Å². The zero-order valence-corrected chi connectivity index (χ0v) is 18.9. The van der Waals surface area contributed by atoms with Crippen molar-refractivity contribution >= 4 is 17.7 Å². The Balaban J connectivity index is 1.56. The van der Waals surface area contributed by atoms with Gasteiger partial charge in [0.25, 0.3) is 17.7 Å². The van der Waals surface area contributed by atoms with Crippen molar-refractivity contribution in [1.29, 1.82) is 0 Å². The molecule has 0 spiro atoms. The molecule has 0 saturated carbocycles. The standard InChI is InChI=1S/C26H26N4O4/c1-34-16-17-9-11-19(12-10-17)25(32)28-15-23-20-6-3-2-5-18(20)13-14-30(23)26(33)22-8-4-7-21(29-22)24(27)31/h2-12,23H,13-16H2,1H3,(H2,27,31)(H,28,32). The highest BCUT2D eigenvalue weighted by molar-refractivity contribution is 5.96. The molecular weight excluding hydrogens is 432 g/mol. The molecule has 2 aromatic carbocycles. The van der Waals surface area contributed by atoms with Crippen LogP contribution < -0.4 is 11.1 Å². The third-order valence-corrected chi connectivity index (χ3v) is 5.88. The van der Waals surface area contributed by atoms with E-state index in [2.05, 4.69) is 10.3 Å². The van der Waals surface area contributed by atoms with Gasteiger partial charge in [-0.25, -0.2) is 4.98 Å². The molecule has 0 bridgehead atoms. The number of nitrogens with one attached hydrogen (secondary N) is 1. The van der Waals surface area contributed by atoms with E-state index < -0.39 is 5.91 Å². The highest BCUT2D eigenvalue weighted by atomic mass is 16.5. The van der Waals surface area contributed by atoms with E-state index in [1.54, 1.807) is 36.3 Å². The van der Waals surface area contributed by atoms with E-state index in [9.17, 15) is 14.4 Å². The molecule has 2 heterocycles. The van der Waals surface area contributed by atoms with E-state index in [1.807, 2.05) is 36.4 Å². The maximum atomic E-state index is 13.4. The smallest absolute Gasteiger partial charge is 0.273 e. The fourth-order valence-electron chi connectivity index (χ4n) is 4.16. The van der Waals surface area contributed by atoms with Crippen molar-refractivity contribution in [2.75, 3.05) is 20.2 Å². The second-order valence-electron chi connectivity index (χ2n) is 8.08. The molecule has 8 heteroatoms. The maximum Gasteiger partial charge on any atom is 0.273 e. The SMILES string of the molecule is COCc1ccc(C(=O)NCC2c3ccccc3CCN2C(=O)c2cccc(C(N)=O)n2)cc1. The molecule has 34 heavy (non-hydrogen) atoms. The zero-order chi connectivity index (χ0) is 24.1. The van der Waals surface area contributed by atoms with Crippen LogP contribution in [0.5, 0.6) is 0 Å². The lowest BCUT2D eigenvalue weighted by atomic mass is 9.92. The lowest BCUT2D eigenvalue weighted by Crippen LogP contribution is -2.45. The van der Waals surface area contributed by atoms with Crippen LogP contribution in [0.3, 0.4) is 0 Å². The number of pyridine rings is 1. The monoisotopic (exact) mass is 458 g/mol. The largest absolute Gasteiger partial charge is 0.380 e. The summed E-state index contributed by atoms with van der Waals surface area (Å²) >= 11 is 0. The Bertz CT molecular complexity index is 1210. The highest BCUT2D eigenvalue weighted by Gasteiger charge is 2.32. The Morgan fingerprint density at radius 2 is 1.76 bits per heavy atom. The number of carbonyl (C=O) groups is 3. The van der Waals surface area contributed by atoms with E-state index in [0.717, 1.165) is 16.7 Å². The number of aromatic nitrogens is 1. The minimum Gasteiger partial charge on any atom is -0.380 e. The summed E-state index contributed by atoms with van der Waals surface area (Å²) in [5, 5.41) is 2.97. The van der Waals surface area contributed by atoms with Gasteiger partial charge in [-0.1, -0.05) is 42.5 Å². The van der Waals surface area contributed by atoms with Gasteiger partial charge in [0.2, 0.25) is 0 Å². The van der Waals surface area contributed by atoms with Gasteiger partial charge in [0.05, 0.1) is 12.6 Å². The van der Waals surface area contributed by atoms with Crippen molar-refractivity contribution in [1.82, 2.24) is 15.2 Å². The van der Waals surface area contributed by atoms with Crippen LogP contribution in [0.4, 0.5) is 0 Å². The molecule has 1 aliphatic heterocycles. The Morgan fingerprint density at radius 1 is 1.03 bits per heavy atom. The first-order valence-corrected chi connectivity index (χ1v) is 11.0. The quantitative estimate of drug-likeness (QED) is 0.565. The molecule has 3 N–H and O–H groups in total. The minimum atomic E-state index is -0.695. The molecule has 0 radical (unpaired) electrons. The number of rotatable bonds is 7. The van der Waals surface area contributed by atoms with Gasteiger partial charge in [0.1, 0.15) is 11.4 Å². The molecule has 1 unspecified atom stereocenters. The third-order valence-electron chi connectivity index (χ3n) is 5.88. The van der Waals surface area contributed by atoms with Crippen LogP contribution in [0.1, 0.15) is 54.1 Å². The average molecular weight is 459 g/mol. The summed E-state index contributed by atoms with van der Waals surface area (Å²) < 4.78 is 5.11. The predicted molar refractivity (Wildman–Crippen MR) is 126 cm³/mol. The van der Waals surface area contributed by atoms with Gasteiger partial charge in [-0.15, -0.1) is 0 Å². The number of nitrogens with two attached hydrogens (primary N) is 1. The number of ether oxygens (including phenoxy) is 1. The van der Waals surface area contributed by atoms with E-state index in [4.69, 9.17) is 10.5 Å². The number of nitrogens with zero attached hydrogens (tertiary/aromatic N) is 2. The van der Waals surface area contributed by atoms with Crippen molar-refractivity contribution < 1.29 is 19.1 Å². The molecule has 0 fully saturated rings. The highest BCUT2D eigenvalue weighted by Crippen LogP contribution is 2.30. The first-order chi connectivity index (χ1) is 16.5. The molecule has 1 atom stereocenters. The molecular formula is C26H26N4O4. The topological polar surface area (TPSA) is 115 Å². The summed E-state index contributed by atoms with van der Waals surface area (Å²) in [4.78, 5) is 43.6. The van der Waals surface area contributed by atoms with Crippen LogP contribution in [-0.4, -0.2) is 47.8 Å². The summed E-state index contributed by atoms with van der Waals surface area (Å²) in [5.41, 5.74) is 9.11. The minimum absolute atomic E-state index is 0.0324. The number of amides is 3. The van der Waals surface area contributed by atoms with Crippen LogP contribution in [0.2, 0.25) is 0 Å². The van der Waals surface area contributed by atoms with Crippen LogP contribution in [0, 0.1) is 0 Å². The molecule has 0 saturated heterocycles. The second-order valence-corrected chi connectivity index (χ2v) is 8.08. The molecule has 174 valence electrons. The number of hydrogen-bond acceptors (Lipinski definition) is 5. The summed E-state index contributed by atoms with van der Waals surface area (Å²) in [5.74, 6) is -1.24. The number of hydrogen-bond donors (Lipinski definition) is 2. The Kier molecular flexibility index (Phi) is 6.98. The van der Waals surface area contributed by atoms with Crippen molar-refractivity contribution in [3.05, 3.63) is 100 Å². The molecule has 4 rings (SSSR count). The fraction of sp³-hybridized carbons (Fsp3) is 0.231. The zero-order valence-electron chi connectivity index (χ0n) is 18.9. The average Bonchev–Trinajstić information content (AvgIpc) is 2.87. The first kappa shape index (κ1) is 23.1. The van der Waals surface area contributed by atoms with Gasteiger partial charge in [-0.05, 0) is 47.4 Å². The summed E-state index contributed by atoms with van der Waals surface area (Å²) in [6, 6.07) is 19.3. The van der Waals surface area contributed by atoms with Gasteiger partial charge in [-0.2, -0.15) is 0 Å². The van der Waals surface area contributed by atoms with E-state index in [-0.39, 0.29) is 35.8 Å². The number of primary amides is 1. The van der Waals surface area contributed by atoms with Gasteiger partial charge in [0.15, 0.2) is 0 Å². The number of benzene rings is 2. The van der Waals surface area contributed by atoms with Gasteiger partial charge >= 0.3 is 0 Å². The number of fused-ring (bicyclic) bond motifs is 1. The van der Waals surface area contributed by atoms with Crippen molar-refractivity contribution in [2.45, 2.75) is 19.1 Å². The van der Waals surface area contributed by atoms with E-state index in [0.29, 0.717) is 25.1 Å². The van der Waals surface area contributed by atoms with Crippen molar-refractivity contribution in [3.63, 3.8) is 0 Å². The van der Waals surface area contributed by atoms with Crippen LogP contribution >= 0.6 is 0 Å². The number of methoxy groups -OCH3 is 1. The maximum absolute atomic E-state index is 13.4. The lowest BCUT2D eigenvalue weighted by molar-refractivity contribution is 0.0642. The van der Waals surface area contributed by atoms with E-state index in [1.165, 1.54) is 6.07 Å². The number of carbonyl (C=O) groups excluding carboxylic acids is 3. The van der Waals surface area contributed by atoms with Gasteiger partial charge in [0, 0.05) is 25.8 Å². The third kappa shape index (κ3) is 4.97. The second kappa shape index (κ2) is 10.3. The summed E-state index contributed by atoms with van der Waals surface area (Å²) in [6.45, 7) is 1.17. The van der Waals surface area contributed by atoms with Crippen LogP contribution in [0.15, 0.2) is 66.7 Å². The van der Waals surface area contributed by atoms with Crippen molar-refractivity contribution in [3.8, 4) is 0 Å². The first-order valence-electron chi connectivity index (χ1n) is 11.0. The Morgan fingerprint density at radius 3 is 2.50 bits per heavy atom. The molecule has 1 aromatic heterocycles. The lowest BCUT2D eigenvalue weighted by Gasteiger charge is -2.37. The summed E-state index contributed by atoms with van der Waals surface area (Å²) in [7, 11) is 1.62. The Hall–Kier alpha value is -4.04.